The zero-order chi connectivity index (χ0) is 15.4. The second-order valence-corrected chi connectivity index (χ2v) is 6.90. The smallest absolute Gasteiger partial charge is 0.408 e. The van der Waals surface area contributed by atoms with Crippen LogP contribution in [0.1, 0.15) is 55.4 Å². The van der Waals surface area contributed by atoms with Gasteiger partial charge < -0.3 is 14.8 Å². The predicted octanol–water partition coefficient (Wildman–Crippen LogP) is 2.88. The number of rotatable bonds is 3. The fourth-order valence-corrected chi connectivity index (χ4v) is 1.30. The number of nitrogens with one attached hydrogen (secondary N) is 1. The monoisotopic (exact) mass is 273 g/mol. The third-order valence-electron chi connectivity index (χ3n) is 2.00. The summed E-state index contributed by atoms with van der Waals surface area (Å²) in [5.41, 5.74) is -1.18. The minimum atomic E-state index is -0.714. The predicted molar refractivity (Wildman–Crippen MR) is 73.8 cm³/mol. The first-order valence-electron chi connectivity index (χ1n) is 6.54. The molecule has 0 aromatic rings. The molecule has 5 heteroatoms. The summed E-state index contributed by atoms with van der Waals surface area (Å²) in [5, 5.41) is 2.56. The lowest BCUT2D eigenvalue weighted by Crippen LogP contribution is -2.48. The van der Waals surface area contributed by atoms with Crippen LogP contribution >= 0.6 is 0 Å². The van der Waals surface area contributed by atoms with Crippen molar-refractivity contribution in [3.63, 3.8) is 0 Å². The van der Waals surface area contributed by atoms with Crippen molar-refractivity contribution in [1.82, 2.24) is 5.32 Å². The first-order valence-corrected chi connectivity index (χ1v) is 6.54. The molecule has 0 saturated heterocycles. The minimum absolute atomic E-state index is 0.0811. The Balaban J connectivity index is 4.67. The van der Waals surface area contributed by atoms with E-state index in [1.54, 1.807) is 41.5 Å². The highest BCUT2D eigenvalue weighted by Gasteiger charge is 2.30. The van der Waals surface area contributed by atoms with Gasteiger partial charge >= 0.3 is 12.1 Å². The highest BCUT2D eigenvalue weighted by Crippen LogP contribution is 2.13. The molecular weight excluding hydrogens is 246 g/mol. The van der Waals surface area contributed by atoms with Crippen LogP contribution in [0.5, 0.6) is 0 Å². The van der Waals surface area contributed by atoms with Crippen molar-refractivity contribution in [1.29, 1.82) is 0 Å². The number of ether oxygens (including phenoxy) is 2. The van der Waals surface area contributed by atoms with E-state index in [-0.39, 0.29) is 5.92 Å². The standard InChI is InChI=1S/C14H27NO4/c1-9(2)10(11(16)18-13(3,4)5)15-12(17)19-14(6,7)8/h9-10H,1-8H3,(H,15,17)/t10-/m0/s1. The number of amides is 1. The molecule has 112 valence electrons. The number of esters is 1. The highest BCUT2D eigenvalue weighted by atomic mass is 16.6. The van der Waals surface area contributed by atoms with E-state index in [4.69, 9.17) is 9.47 Å². The number of hydrogen-bond acceptors (Lipinski definition) is 4. The first kappa shape index (κ1) is 17.7. The van der Waals surface area contributed by atoms with E-state index >= 15 is 0 Å². The van der Waals surface area contributed by atoms with Gasteiger partial charge in [0.2, 0.25) is 0 Å². The topological polar surface area (TPSA) is 64.6 Å². The Morgan fingerprint density at radius 1 is 0.895 bits per heavy atom. The Labute approximate surface area is 116 Å². The van der Waals surface area contributed by atoms with Gasteiger partial charge in [-0.15, -0.1) is 0 Å². The molecule has 0 fully saturated rings. The maximum Gasteiger partial charge on any atom is 0.408 e. The van der Waals surface area contributed by atoms with Gasteiger partial charge in [-0.1, -0.05) is 13.8 Å². The van der Waals surface area contributed by atoms with Gasteiger partial charge in [0.05, 0.1) is 0 Å². The minimum Gasteiger partial charge on any atom is -0.458 e. The average molecular weight is 273 g/mol. The summed E-state index contributed by atoms with van der Waals surface area (Å²) >= 11 is 0. The highest BCUT2D eigenvalue weighted by molar-refractivity contribution is 5.82. The van der Waals surface area contributed by atoms with Crippen LogP contribution in [-0.4, -0.2) is 29.3 Å². The number of alkyl carbamates (subject to hydrolysis) is 1. The quantitative estimate of drug-likeness (QED) is 0.803. The Bertz CT molecular complexity index is 323. The van der Waals surface area contributed by atoms with Crippen molar-refractivity contribution >= 4 is 12.1 Å². The SMILES string of the molecule is CC(C)[C@H](NC(=O)OC(C)(C)C)C(=O)OC(C)(C)C. The largest absolute Gasteiger partial charge is 0.458 e. The van der Waals surface area contributed by atoms with Gasteiger partial charge in [0, 0.05) is 0 Å². The van der Waals surface area contributed by atoms with Gasteiger partial charge in [0.1, 0.15) is 17.2 Å². The van der Waals surface area contributed by atoms with Crippen molar-refractivity contribution in [3.8, 4) is 0 Å². The summed E-state index contributed by atoms with van der Waals surface area (Å²) in [4.78, 5) is 23.7. The molecular formula is C14H27NO4. The van der Waals surface area contributed by atoms with Gasteiger partial charge in [-0.2, -0.15) is 0 Å². The average Bonchev–Trinajstić information content (AvgIpc) is 2.07. The van der Waals surface area contributed by atoms with Crippen molar-refractivity contribution in [3.05, 3.63) is 0 Å². The molecule has 0 aromatic heterocycles. The van der Waals surface area contributed by atoms with Gasteiger partial charge in [0.25, 0.3) is 0 Å². The molecule has 0 saturated carbocycles. The first-order chi connectivity index (χ1) is 8.32. The van der Waals surface area contributed by atoms with E-state index in [1.807, 2.05) is 13.8 Å². The van der Waals surface area contributed by atoms with Crippen LogP contribution in [0.2, 0.25) is 0 Å². The Kier molecular flexibility index (Phi) is 5.84. The van der Waals surface area contributed by atoms with Gasteiger partial charge in [-0.3, -0.25) is 0 Å². The van der Waals surface area contributed by atoms with Crippen LogP contribution in [0.25, 0.3) is 0 Å². The summed E-state index contributed by atoms with van der Waals surface area (Å²) in [5.74, 6) is -0.532. The van der Waals surface area contributed by atoms with E-state index in [0.717, 1.165) is 0 Å². The molecule has 1 N–H and O–H groups in total. The molecule has 0 spiro atoms. The molecule has 0 radical (unpaired) electrons. The second kappa shape index (κ2) is 6.26. The summed E-state index contributed by atoms with van der Waals surface area (Å²) in [6.45, 7) is 14.3. The lowest BCUT2D eigenvalue weighted by molar-refractivity contribution is -0.158. The van der Waals surface area contributed by atoms with E-state index in [2.05, 4.69) is 5.32 Å². The lowest BCUT2D eigenvalue weighted by Gasteiger charge is -2.27. The fraction of sp³-hybridized carbons (Fsp3) is 0.857. The van der Waals surface area contributed by atoms with Crippen molar-refractivity contribution in [2.75, 3.05) is 0 Å². The van der Waals surface area contributed by atoms with E-state index in [1.165, 1.54) is 0 Å². The van der Waals surface area contributed by atoms with Crippen LogP contribution in [0.3, 0.4) is 0 Å². The van der Waals surface area contributed by atoms with Crippen LogP contribution in [-0.2, 0) is 14.3 Å². The number of hydrogen-bond donors (Lipinski definition) is 1. The molecule has 0 aliphatic heterocycles. The van der Waals surface area contributed by atoms with Crippen LogP contribution < -0.4 is 5.32 Å². The molecule has 1 amide bonds. The number of carbonyl (C=O) groups excluding carboxylic acids is 2. The second-order valence-electron chi connectivity index (χ2n) is 6.90. The fourth-order valence-electron chi connectivity index (χ4n) is 1.30. The van der Waals surface area contributed by atoms with Crippen LogP contribution in [0.4, 0.5) is 4.79 Å². The number of carbonyl (C=O) groups is 2. The van der Waals surface area contributed by atoms with Gasteiger partial charge in [-0.25, -0.2) is 9.59 Å². The molecule has 0 aliphatic rings. The lowest BCUT2D eigenvalue weighted by atomic mass is 10.0. The summed E-state index contributed by atoms with van der Waals surface area (Å²) in [6.07, 6.45) is -0.614. The Morgan fingerprint density at radius 2 is 1.32 bits per heavy atom. The van der Waals surface area contributed by atoms with Crippen LogP contribution in [0, 0.1) is 5.92 Å². The molecule has 5 nitrogen and oxygen atoms in total. The molecule has 0 heterocycles. The molecule has 0 unspecified atom stereocenters. The molecule has 0 aliphatic carbocycles. The van der Waals surface area contributed by atoms with Crippen molar-refractivity contribution in [2.45, 2.75) is 72.6 Å². The normalized spacial score (nSPS) is 13.9. The van der Waals surface area contributed by atoms with Crippen molar-refractivity contribution in [2.24, 2.45) is 5.92 Å². The summed E-state index contributed by atoms with van der Waals surface area (Å²) in [7, 11) is 0. The van der Waals surface area contributed by atoms with Crippen molar-refractivity contribution < 1.29 is 19.1 Å². The zero-order valence-corrected chi connectivity index (χ0v) is 13.3. The maximum absolute atomic E-state index is 12.0. The maximum atomic E-state index is 12.0. The third kappa shape index (κ3) is 8.46. The van der Waals surface area contributed by atoms with Crippen LogP contribution in [0.15, 0.2) is 0 Å². The molecule has 0 aromatic carbocycles. The third-order valence-corrected chi connectivity index (χ3v) is 2.00. The van der Waals surface area contributed by atoms with E-state index in [0.29, 0.717) is 0 Å². The molecule has 1 atom stereocenters. The molecule has 0 bridgehead atoms. The zero-order valence-electron chi connectivity index (χ0n) is 13.3. The molecule has 19 heavy (non-hydrogen) atoms. The molecule has 0 rings (SSSR count). The van der Waals surface area contributed by atoms with Gasteiger partial charge in [-0.05, 0) is 47.5 Å². The van der Waals surface area contributed by atoms with E-state index < -0.39 is 29.3 Å². The summed E-state index contributed by atoms with van der Waals surface area (Å²) < 4.78 is 10.4. The summed E-state index contributed by atoms with van der Waals surface area (Å²) in [6, 6.07) is -0.714. The van der Waals surface area contributed by atoms with Gasteiger partial charge in [0.15, 0.2) is 0 Å². The van der Waals surface area contributed by atoms with E-state index in [9.17, 15) is 9.59 Å². The Morgan fingerprint density at radius 3 is 1.63 bits per heavy atom. The Hall–Kier alpha value is -1.26.